The average Bonchev–Trinajstić information content (AvgIpc) is 2.38. The number of thiocarbonyl (C=S) groups is 1. The molecule has 1 aromatic rings. The third-order valence-corrected chi connectivity index (χ3v) is 3.54. The Hall–Kier alpha value is -1.22. The van der Waals surface area contributed by atoms with Crippen LogP contribution in [-0.4, -0.2) is 22.8 Å². The van der Waals surface area contributed by atoms with Gasteiger partial charge in [-0.3, -0.25) is 4.99 Å². The maximum atomic E-state index is 5.67. The molecule has 3 heteroatoms. The van der Waals surface area contributed by atoms with E-state index in [1.54, 1.807) is 0 Å². The first-order valence-electron chi connectivity index (χ1n) is 7.28. The second-order valence-corrected chi connectivity index (χ2v) is 6.35. The van der Waals surface area contributed by atoms with Crippen LogP contribution in [0.2, 0.25) is 0 Å². The minimum absolute atomic E-state index is 0.0695. The summed E-state index contributed by atoms with van der Waals surface area (Å²) in [6.07, 6.45) is 2.27. The fraction of sp³-hybridized carbons (Fsp3) is 0.529. The van der Waals surface area contributed by atoms with Gasteiger partial charge in [0.1, 0.15) is 4.99 Å². The fourth-order valence-corrected chi connectivity index (χ4v) is 2.46. The number of anilines is 1. The van der Waals surface area contributed by atoms with Crippen molar-refractivity contribution in [2.45, 2.75) is 53.0 Å². The van der Waals surface area contributed by atoms with E-state index >= 15 is 0 Å². The highest BCUT2D eigenvalue weighted by Crippen LogP contribution is 2.24. The smallest absolute Gasteiger partial charge is 0.127 e. The summed E-state index contributed by atoms with van der Waals surface area (Å²) >= 11 is 5.67. The van der Waals surface area contributed by atoms with Crippen LogP contribution in [0.25, 0.3) is 0 Å². The van der Waals surface area contributed by atoms with Crippen LogP contribution in [0.15, 0.2) is 35.3 Å². The Morgan fingerprint density at radius 1 is 1.20 bits per heavy atom. The number of unbranched alkanes of at least 4 members (excludes halogenated alkanes) is 1. The standard InChI is InChI=1S/C17H26N2S/c1-6-7-13-18-14(2)16(20)19(17(3,4)5)15-11-9-8-10-12-15/h8-12H,6-7,13H2,1-5H3. The van der Waals surface area contributed by atoms with Crippen LogP contribution >= 0.6 is 12.2 Å². The Morgan fingerprint density at radius 3 is 2.30 bits per heavy atom. The zero-order valence-corrected chi connectivity index (χ0v) is 14.1. The Morgan fingerprint density at radius 2 is 1.80 bits per heavy atom. The Labute approximate surface area is 128 Å². The van der Waals surface area contributed by atoms with Gasteiger partial charge in [-0.25, -0.2) is 0 Å². The number of hydrogen-bond acceptors (Lipinski definition) is 2. The van der Waals surface area contributed by atoms with Crippen LogP contribution in [0, 0.1) is 0 Å². The second-order valence-electron chi connectivity index (χ2n) is 5.97. The van der Waals surface area contributed by atoms with Gasteiger partial charge >= 0.3 is 0 Å². The van der Waals surface area contributed by atoms with Crippen molar-refractivity contribution in [2.24, 2.45) is 4.99 Å². The van der Waals surface area contributed by atoms with Crippen LogP contribution in [0.5, 0.6) is 0 Å². The molecule has 0 atom stereocenters. The van der Waals surface area contributed by atoms with Gasteiger partial charge in [-0.05, 0) is 46.2 Å². The van der Waals surface area contributed by atoms with Crippen LogP contribution in [0.3, 0.4) is 0 Å². The van der Waals surface area contributed by atoms with E-state index in [-0.39, 0.29) is 5.54 Å². The maximum Gasteiger partial charge on any atom is 0.127 e. The molecule has 0 saturated carbocycles. The summed E-state index contributed by atoms with van der Waals surface area (Å²) in [4.78, 5) is 7.61. The minimum atomic E-state index is -0.0695. The third kappa shape index (κ3) is 4.71. The van der Waals surface area contributed by atoms with E-state index < -0.39 is 0 Å². The predicted molar refractivity (Wildman–Crippen MR) is 94.2 cm³/mol. The van der Waals surface area contributed by atoms with Crippen molar-refractivity contribution in [3.8, 4) is 0 Å². The van der Waals surface area contributed by atoms with Crippen molar-refractivity contribution in [2.75, 3.05) is 11.4 Å². The van der Waals surface area contributed by atoms with Gasteiger partial charge in [0, 0.05) is 17.8 Å². The molecule has 2 nitrogen and oxygen atoms in total. The van der Waals surface area contributed by atoms with Gasteiger partial charge in [-0.15, -0.1) is 0 Å². The Bertz CT molecular complexity index is 458. The Kier molecular flexibility index (Phi) is 6.34. The predicted octanol–water partition coefficient (Wildman–Crippen LogP) is 4.88. The molecule has 0 bridgehead atoms. The molecule has 20 heavy (non-hydrogen) atoms. The number of para-hydroxylation sites is 1. The van der Waals surface area contributed by atoms with Crippen molar-refractivity contribution in [1.29, 1.82) is 0 Å². The molecule has 1 aromatic carbocycles. The number of aliphatic imine (C=N–C) groups is 1. The van der Waals surface area contributed by atoms with E-state index in [1.165, 1.54) is 0 Å². The average molecular weight is 290 g/mol. The van der Waals surface area contributed by atoms with Gasteiger partial charge in [-0.1, -0.05) is 43.8 Å². The van der Waals surface area contributed by atoms with E-state index in [4.69, 9.17) is 12.2 Å². The summed E-state index contributed by atoms with van der Waals surface area (Å²) in [6.45, 7) is 11.6. The topological polar surface area (TPSA) is 15.6 Å². The summed E-state index contributed by atoms with van der Waals surface area (Å²) in [7, 11) is 0. The highest BCUT2D eigenvalue weighted by Gasteiger charge is 2.26. The van der Waals surface area contributed by atoms with Gasteiger partial charge in [-0.2, -0.15) is 0 Å². The SMILES string of the molecule is CCCCN=C(C)C(=S)N(c1ccccc1)C(C)(C)C. The molecule has 0 aliphatic heterocycles. The molecule has 0 unspecified atom stereocenters. The molecular weight excluding hydrogens is 264 g/mol. The lowest BCUT2D eigenvalue weighted by molar-refractivity contribution is 0.575. The highest BCUT2D eigenvalue weighted by atomic mass is 32.1. The molecule has 0 aliphatic rings. The zero-order valence-electron chi connectivity index (χ0n) is 13.3. The number of nitrogens with zero attached hydrogens (tertiary/aromatic N) is 2. The van der Waals surface area contributed by atoms with Crippen LogP contribution in [0.1, 0.15) is 47.5 Å². The van der Waals surface area contributed by atoms with Gasteiger partial charge < -0.3 is 4.90 Å². The third-order valence-electron chi connectivity index (χ3n) is 3.06. The maximum absolute atomic E-state index is 5.67. The summed E-state index contributed by atoms with van der Waals surface area (Å²) in [6, 6.07) is 10.3. The quantitative estimate of drug-likeness (QED) is 0.436. The largest absolute Gasteiger partial charge is 0.326 e. The van der Waals surface area contributed by atoms with E-state index in [0.29, 0.717) is 0 Å². The molecule has 0 aromatic heterocycles. The van der Waals surface area contributed by atoms with Crippen molar-refractivity contribution in [1.82, 2.24) is 0 Å². The number of benzene rings is 1. The lowest BCUT2D eigenvalue weighted by atomic mass is 10.0. The minimum Gasteiger partial charge on any atom is -0.326 e. The van der Waals surface area contributed by atoms with Crippen molar-refractivity contribution in [3.05, 3.63) is 30.3 Å². The van der Waals surface area contributed by atoms with E-state index in [9.17, 15) is 0 Å². The molecule has 0 amide bonds. The molecule has 0 spiro atoms. The lowest BCUT2D eigenvalue weighted by Crippen LogP contribution is -2.47. The first-order valence-corrected chi connectivity index (χ1v) is 7.69. The molecular formula is C17H26N2S. The molecule has 0 fully saturated rings. The Balaban J connectivity index is 3.01. The molecule has 110 valence electrons. The summed E-state index contributed by atoms with van der Waals surface area (Å²) < 4.78 is 0. The second kappa shape index (κ2) is 7.53. The highest BCUT2D eigenvalue weighted by molar-refractivity contribution is 7.82. The first kappa shape index (κ1) is 16.8. The van der Waals surface area contributed by atoms with Gasteiger partial charge in [0.2, 0.25) is 0 Å². The number of rotatable bonds is 5. The van der Waals surface area contributed by atoms with Crippen molar-refractivity contribution in [3.63, 3.8) is 0 Å². The molecule has 0 radical (unpaired) electrons. The lowest BCUT2D eigenvalue weighted by Gasteiger charge is -2.37. The van der Waals surface area contributed by atoms with Gasteiger partial charge in [0.25, 0.3) is 0 Å². The number of hydrogen-bond donors (Lipinski definition) is 0. The molecule has 0 heterocycles. The van der Waals surface area contributed by atoms with Crippen LogP contribution < -0.4 is 4.90 Å². The van der Waals surface area contributed by atoms with E-state index in [1.807, 2.05) is 25.1 Å². The van der Waals surface area contributed by atoms with Gasteiger partial charge in [0.15, 0.2) is 0 Å². The molecule has 0 aliphatic carbocycles. The van der Waals surface area contributed by atoms with Crippen LogP contribution in [-0.2, 0) is 0 Å². The van der Waals surface area contributed by atoms with Crippen LogP contribution in [0.4, 0.5) is 5.69 Å². The monoisotopic (exact) mass is 290 g/mol. The molecule has 1 rings (SSSR count). The van der Waals surface area contributed by atoms with Crippen molar-refractivity contribution >= 4 is 28.6 Å². The zero-order chi connectivity index (χ0) is 15.2. The van der Waals surface area contributed by atoms with E-state index in [2.05, 4.69) is 49.7 Å². The fourth-order valence-electron chi connectivity index (χ4n) is 2.02. The first-order chi connectivity index (χ1) is 9.38. The van der Waals surface area contributed by atoms with Crippen molar-refractivity contribution < 1.29 is 0 Å². The summed E-state index contributed by atoms with van der Waals surface area (Å²) in [5, 5.41) is 0. The van der Waals surface area contributed by atoms with E-state index in [0.717, 1.165) is 35.8 Å². The molecule has 0 saturated heterocycles. The molecule has 0 N–H and O–H groups in total. The normalized spacial score (nSPS) is 12.3. The van der Waals surface area contributed by atoms with Gasteiger partial charge in [0.05, 0.1) is 5.71 Å². The summed E-state index contributed by atoms with van der Waals surface area (Å²) in [5.41, 5.74) is 2.00. The summed E-state index contributed by atoms with van der Waals surface area (Å²) in [5.74, 6) is 0.